The summed E-state index contributed by atoms with van der Waals surface area (Å²) in [7, 11) is 0. The van der Waals surface area contributed by atoms with E-state index in [0.717, 1.165) is 25.6 Å². The molecule has 1 aromatic rings. The number of piperazine rings is 1. The van der Waals surface area contributed by atoms with Gasteiger partial charge in [0.15, 0.2) is 0 Å². The smallest absolute Gasteiger partial charge is 0.0315 e. The Hall–Kier alpha value is -0.930. The highest BCUT2D eigenvalue weighted by Crippen LogP contribution is 2.17. The first-order valence-electron chi connectivity index (χ1n) is 7.43. The van der Waals surface area contributed by atoms with Crippen LogP contribution in [0.1, 0.15) is 38.3 Å². The van der Waals surface area contributed by atoms with Gasteiger partial charge in [0.05, 0.1) is 0 Å². The quantitative estimate of drug-likeness (QED) is 0.903. The number of hydrogen-bond acceptors (Lipinski definition) is 3. The summed E-state index contributed by atoms with van der Waals surface area (Å²) in [5, 5.41) is 3.67. The van der Waals surface area contributed by atoms with Crippen molar-refractivity contribution in [3.8, 4) is 0 Å². The Balaban J connectivity index is 1.99. The molecule has 0 bridgehead atoms. The fraction of sp³-hybridized carbons (Fsp3) is 0.688. The summed E-state index contributed by atoms with van der Waals surface area (Å²) in [6.07, 6.45) is 5.15. The maximum Gasteiger partial charge on any atom is 0.0315 e. The first-order chi connectivity index (χ1) is 9.06. The van der Waals surface area contributed by atoms with Gasteiger partial charge in [-0.25, -0.2) is 0 Å². The van der Waals surface area contributed by atoms with E-state index < -0.39 is 0 Å². The second kappa shape index (κ2) is 6.49. The van der Waals surface area contributed by atoms with Gasteiger partial charge in [-0.1, -0.05) is 13.8 Å². The van der Waals surface area contributed by atoms with Crippen LogP contribution in [0, 0.1) is 12.8 Å². The molecule has 1 aliphatic rings. The molecule has 1 N–H and O–H groups in total. The molecule has 1 aromatic heterocycles. The van der Waals surface area contributed by atoms with Gasteiger partial charge in [0.2, 0.25) is 0 Å². The zero-order valence-corrected chi connectivity index (χ0v) is 12.7. The van der Waals surface area contributed by atoms with Crippen molar-refractivity contribution in [2.24, 2.45) is 5.92 Å². The van der Waals surface area contributed by atoms with Crippen LogP contribution in [0.4, 0.5) is 0 Å². The maximum atomic E-state index is 4.26. The van der Waals surface area contributed by atoms with Crippen molar-refractivity contribution in [3.05, 3.63) is 29.6 Å². The molecule has 1 fully saturated rings. The highest BCUT2D eigenvalue weighted by molar-refractivity contribution is 5.21. The van der Waals surface area contributed by atoms with Crippen LogP contribution in [0.2, 0.25) is 0 Å². The molecule has 0 saturated carbocycles. The van der Waals surface area contributed by atoms with Gasteiger partial charge in [-0.15, -0.1) is 0 Å². The second-order valence-electron chi connectivity index (χ2n) is 6.32. The molecule has 19 heavy (non-hydrogen) atoms. The summed E-state index contributed by atoms with van der Waals surface area (Å²) in [6.45, 7) is 12.4. The molecule has 0 aliphatic carbocycles. The number of rotatable bonds is 4. The van der Waals surface area contributed by atoms with Crippen molar-refractivity contribution in [1.29, 1.82) is 0 Å². The largest absolute Gasteiger partial charge is 0.311 e. The van der Waals surface area contributed by atoms with Crippen molar-refractivity contribution < 1.29 is 0 Å². The highest BCUT2D eigenvalue weighted by atomic mass is 15.2. The fourth-order valence-corrected chi connectivity index (χ4v) is 2.82. The summed E-state index contributed by atoms with van der Waals surface area (Å²) >= 11 is 0. The maximum absolute atomic E-state index is 4.26. The van der Waals surface area contributed by atoms with E-state index in [1.165, 1.54) is 17.5 Å². The Morgan fingerprint density at radius 2 is 2.26 bits per heavy atom. The predicted molar refractivity (Wildman–Crippen MR) is 80.1 cm³/mol. The molecule has 106 valence electrons. The van der Waals surface area contributed by atoms with Crippen LogP contribution in [-0.4, -0.2) is 35.1 Å². The number of nitrogens with one attached hydrogen (secondary N) is 1. The minimum atomic E-state index is 0.600. The van der Waals surface area contributed by atoms with Crippen LogP contribution < -0.4 is 5.32 Å². The van der Waals surface area contributed by atoms with E-state index in [-0.39, 0.29) is 0 Å². The standard InChI is InChI=1S/C16H27N3/c1-12(2)7-16-11-19(14(4)8-18-16)10-15-9-17-6-5-13(15)3/h5-6,9,12,14,16,18H,7-8,10-11H2,1-4H3. The lowest BCUT2D eigenvalue weighted by molar-refractivity contribution is 0.124. The lowest BCUT2D eigenvalue weighted by Crippen LogP contribution is -2.55. The zero-order valence-electron chi connectivity index (χ0n) is 12.7. The van der Waals surface area contributed by atoms with Crippen LogP contribution >= 0.6 is 0 Å². The SMILES string of the molecule is Cc1ccncc1CN1CC(CC(C)C)NCC1C. The van der Waals surface area contributed by atoms with E-state index in [0.29, 0.717) is 12.1 Å². The molecule has 0 radical (unpaired) electrons. The number of aryl methyl sites for hydroxylation is 1. The predicted octanol–water partition coefficient (Wildman–Crippen LogP) is 2.60. The number of aromatic nitrogens is 1. The number of pyridine rings is 1. The van der Waals surface area contributed by atoms with Crippen molar-refractivity contribution in [1.82, 2.24) is 15.2 Å². The van der Waals surface area contributed by atoms with E-state index in [4.69, 9.17) is 0 Å². The van der Waals surface area contributed by atoms with Gasteiger partial charge in [-0.05, 0) is 43.4 Å². The topological polar surface area (TPSA) is 28.2 Å². The second-order valence-corrected chi connectivity index (χ2v) is 6.32. The summed E-state index contributed by atoms with van der Waals surface area (Å²) in [4.78, 5) is 6.85. The lowest BCUT2D eigenvalue weighted by Gasteiger charge is -2.39. The lowest BCUT2D eigenvalue weighted by atomic mass is 9.99. The van der Waals surface area contributed by atoms with Crippen molar-refractivity contribution in [2.75, 3.05) is 13.1 Å². The molecule has 0 amide bonds. The molecular formula is C16H27N3. The molecule has 2 atom stereocenters. The van der Waals surface area contributed by atoms with Gasteiger partial charge in [-0.2, -0.15) is 0 Å². The van der Waals surface area contributed by atoms with E-state index in [9.17, 15) is 0 Å². The van der Waals surface area contributed by atoms with Gasteiger partial charge >= 0.3 is 0 Å². The Labute approximate surface area is 117 Å². The Bertz CT molecular complexity index is 403. The fourth-order valence-electron chi connectivity index (χ4n) is 2.82. The van der Waals surface area contributed by atoms with Crippen molar-refractivity contribution in [3.63, 3.8) is 0 Å². The third kappa shape index (κ3) is 4.02. The molecule has 2 heterocycles. The van der Waals surface area contributed by atoms with E-state index in [2.05, 4.69) is 49.0 Å². The van der Waals surface area contributed by atoms with Gasteiger partial charge in [0.1, 0.15) is 0 Å². The summed E-state index contributed by atoms with van der Waals surface area (Å²) in [5.41, 5.74) is 2.71. The summed E-state index contributed by atoms with van der Waals surface area (Å²) in [6, 6.07) is 3.34. The average molecular weight is 261 g/mol. The minimum absolute atomic E-state index is 0.600. The molecule has 0 spiro atoms. The highest BCUT2D eigenvalue weighted by Gasteiger charge is 2.25. The molecular weight excluding hydrogens is 234 g/mol. The molecule has 2 rings (SSSR count). The van der Waals surface area contributed by atoms with Gasteiger partial charge in [-0.3, -0.25) is 9.88 Å². The van der Waals surface area contributed by atoms with Crippen LogP contribution in [-0.2, 0) is 6.54 Å². The van der Waals surface area contributed by atoms with Crippen LogP contribution in [0.25, 0.3) is 0 Å². The molecule has 0 aromatic carbocycles. The van der Waals surface area contributed by atoms with Gasteiger partial charge < -0.3 is 5.32 Å². The Morgan fingerprint density at radius 1 is 1.47 bits per heavy atom. The first-order valence-corrected chi connectivity index (χ1v) is 7.43. The third-order valence-corrected chi connectivity index (χ3v) is 4.06. The van der Waals surface area contributed by atoms with Gasteiger partial charge in [0, 0.05) is 44.1 Å². The van der Waals surface area contributed by atoms with Crippen molar-refractivity contribution >= 4 is 0 Å². The summed E-state index contributed by atoms with van der Waals surface area (Å²) in [5.74, 6) is 0.757. The monoisotopic (exact) mass is 261 g/mol. The molecule has 1 saturated heterocycles. The number of hydrogen-bond donors (Lipinski definition) is 1. The van der Waals surface area contributed by atoms with Crippen LogP contribution in [0.15, 0.2) is 18.5 Å². The normalized spacial score (nSPS) is 24.9. The molecule has 3 nitrogen and oxygen atoms in total. The van der Waals surface area contributed by atoms with E-state index in [1.807, 2.05) is 12.4 Å². The average Bonchev–Trinajstić information content (AvgIpc) is 2.35. The third-order valence-electron chi connectivity index (χ3n) is 4.06. The minimum Gasteiger partial charge on any atom is -0.311 e. The van der Waals surface area contributed by atoms with Crippen LogP contribution in [0.3, 0.4) is 0 Å². The van der Waals surface area contributed by atoms with Crippen LogP contribution in [0.5, 0.6) is 0 Å². The Kier molecular flexibility index (Phi) is 4.94. The van der Waals surface area contributed by atoms with Gasteiger partial charge in [0.25, 0.3) is 0 Å². The van der Waals surface area contributed by atoms with E-state index >= 15 is 0 Å². The summed E-state index contributed by atoms with van der Waals surface area (Å²) < 4.78 is 0. The number of nitrogens with zero attached hydrogens (tertiary/aromatic N) is 2. The molecule has 3 heteroatoms. The van der Waals surface area contributed by atoms with Crippen molar-refractivity contribution in [2.45, 2.75) is 52.7 Å². The zero-order chi connectivity index (χ0) is 13.8. The Morgan fingerprint density at radius 3 is 2.95 bits per heavy atom. The van der Waals surface area contributed by atoms with E-state index in [1.54, 1.807) is 0 Å². The molecule has 1 aliphatic heterocycles. The molecule has 2 unspecified atom stereocenters. The first kappa shape index (κ1) is 14.5.